The average Bonchev–Trinajstić information content (AvgIpc) is 2.86. The molecule has 2 saturated carbocycles. The fraction of sp³-hybridized carbons (Fsp3) is 0.800. The lowest BCUT2D eigenvalue weighted by atomic mass is 9.65. The lowest BCUT2D eigenvalue weighted by molar-refractivity contribution is -0.122. The van der Waals surface area contributed by atoms with E-state index in [1.807, 2.05) is 0 Å². The molecule has 22 heavy (non-hydrogen) atoms. The molecule has 3 N–H and O–H groups in total. The Kier molecular flexibility index (Phi) is 6.17. The minimum atomic E-state index is 0. The number of carbonyl (C=O) groups excluding carboxylic acids is 1. The number of aryl methyl sites for hydroxylation is 1. The number of amides is 1. The van der Waals surface area contributed by atoms with Gasteiger partial charge in [-0.15, -0.1) is 22.6 Å². The summed E-state index contributed by atoms with van der Waals surface area (Å²) in [5.41, 5.74) is 6.28. The maximum atomic E-state index is 12.5. The van der Waals surface area contributed by atoms with Gasteiger partial charge < -0.3 is 11.1 Å². The van der Waals surface area contributed by atoms with Gasteiger partial charge in [0.15, 0.2) is 0 Å². The largest absolute Gasteiger partial charge is 0.327 e. The summed E-state index contributed by atoms with van der Waals surface area (Å²) in [6.45, 7) is 2.11. The van der Waals surface area contributed by atoms with Gasteiger partial charge >= 0.3 is 0 Å². The normalized spacial score (nSPS) is 30.5. The van der Waals surface area contributed by atoms with Crippen LogP contribution < -0.4 is 11.1 Å². The Hall–Kier alpha value is -0.720. The molecule has 1 aromatic rings. The third-order valence-corrected chi connectivity index (χ3v) is 5.84. The molecule has 2 fully saturated rings. The highest BCUT2D eigenvalue weighted by Gasteiger charge is 2.40. The number of nitrogens with two attached hydrogens (primary N) is 1. The standard InChI is InChI=1S/C15H24N4OS.ClH/c1-2-4-12-18-19-15(21-12)17-14(20)11-7-9-5-3-6-10(8-11)13(9)16;/h9-11,13H,2-8,16H2,1H3,(H,17,19,20);1H. The van der Waals surface area contributed by atoms with Gasteiger partial charge in [0.1, 0.15) is 5.01 Å². The van der Waals surface area contributed by atoms with E-state index >= 15 is 0 Å². The van der Waals surface area contributed by atoms with E-state index in [0.29, 0.717) is 23.0 Å². The molecule has 5 nitrogen and oxygen atoms in total. The second kappa shape index (κ2) is 7.70. The van der Waals surface area contributed by atoms with Crippen LogP contribution in [0.25, 0.3) is 0 Å². The van der Waals surface area contributed by atoms with Gasteiger partial charge in [0.05, 0.1) is 0 Å². The van der Waals surface area contributed by atoms with E-state index in [2.05, 4.69) is 22.4 Å². The summed E-state index contributed by atoms with van der Waals surface area (Å²) < 4.78 is 0. The number of halogens is 1. The molecular formula is C15H25ClN4OS. The van der Waals surface area contributed by atoms with Gasteiger partial charge in [-0.05, 0) is 43.9 Å². The van der Waals surface area contributed by atoms with Crippen LogP contribution in [0.4, 0.5) is 5.13 Å². The van der Waals surface area contributed by atoms with Gasteiger partial charge in [0, 0.05) is 18.4 Å². The van der Waals surface area contributed by atoms with Crippen LogP contribution in [0.1, 0.15) is 50.5 Å². The Bertz CT molecular complexity index is 495. The van der Waals surface area contributed by atoms with Crippen molar-refractivity contribution in [3.63, 3.8) is 0 Å². The van der Waals surface area contributed by atoms with Crippen molar-refractivity contribution >= 4 is 34.8 Å². The quantitative estimate of drug-likeness (QED) is 0.879. The Morgan fingerprint density at radius 1 is 1.32 bits per heavy atom. The summed E-state index contributed by atoms with van der Waals surface area (Å²) >= 11 is 1.49. The highest BCUT2D eigenvalue weighted by atomic mass is 35.5. The summed E-state index contributed by atoms with van der Waals surface area (Å²) in [6.07, 6.45) is 7.48. The van der Waals surface area contributed by atoms with E-state index in [1.54, 1.807) is 0 Å². The maximum absolute atomic E-state index is 12.5. The van der Waals surface area contributed by atoms with Crippen LogP contribution in [-0.4, -0.2) is 22.1 Å². The van der Waals surface area contributed by atoms with Gasteiger partial charge in [-0.2, -0.15) is 0 Å². The van der Waals surface area contributed by atoms with Gasteiger partial charge in [0.25, 0.3) is 0 Å². The highest BCUT2D eigenvalue weighted by Crippen LogP contribution is 2.42. The number of nitrogens with one attached hydrogen (secondary N) is 1. The summed E-state index contributed by atoms with van der Waals surface area (Å²) in [6, 6.07) is 0.306. The lowest BCUT2D eigenvalue weighted by Crippen LogP contribution is -2.48. The lowest BCUT2D eigenvalue weighted by Gasteiger charge is -2.43. The van der Waals surface area contributed by atoms with Crippen LogP contribution in [0.3, 0.4) is 0 Å². The van der Waals surface area contributed by atoms with E-state index in [9.17, 15) is 4.79 Å². The predicted octanol–water partition coefficient (Wildman–Crippen LogP) is 3.00. The first-order chi connectivity index (χ1) is 10.2. The van der Waals surface area contributed by atoms with Crippen LogP contribution >= 0.6 is 23.7 Å². The molecular weight excluding hydrogens is 320 g/mol. The molecule has 2 aliphatic carbocycles. The fourth-order valence-electron chi connectivity index (χ4n) is 3.83. The molecule has 124 valence electrons. The van der Waals surface area contributed by atoms with Crippen molar-refractivity contribution in [1.29, 1.82) is 0 Å². The third kappa shape index (κ3) is 3.78. The van der Waals surface area contributed by atoms with E-state index in [4.69, 9.17) is 5.73 Å². The van der Waals surface area contributed by atoms with E-state index in [0.717, 1.165) is 30.7 Å². The first kappa shape index (κ1) is 17.6. The van der Waals surface area contributed by atoms with Crippen LogP contribution in [0.5, 0.6) is 0 Å². The number of anilines is 1. The number of hydrogen-bond donors (Lipinski definition) is 2. The molecule has 0 saturated heterocycles. The van der Waals surface area contributed by atoms with Gasteiger partial charge in [-0.25, -0.2) is 0 Å². The Labute approximate surface area is 141 Å². The third-order valence-electron chi connectivity index (χ3n) is 4.94. The molecule has 0 aromatic carbocycles. The SMILES string of the molecule is CCCc1nnc(NC(=O)C2CC3CCCC(C2)C3N)s1.Cl. The number of nitrogens with zero attached hydrogens (tertiary/aromatic N) is 2. The summed E-state index contributed by atoms with van der Waals surface area (Å²) in [4.78, 5) is 12.5. The zero-order valence-electron chi connectivity index (χ0n) is 13.0. The molecule has 1 amide bonds. The maximum Gasteiger partial charge on any atom is 0.229 e. The van der Waals surface area contributed by atoms with Crippen molar-refractivity contribution in [2.24, 2.45) is 23.5 Å². The topological polar surface area (TPSA) is 80.9 Å². The van der Waals surface area contributed by atoms with E-state index in [1.165, 1.54) is 30.6 Å². The molecule has 1 heterocycles. The second-order valence-electron chi connectivity index (χ2n) is 6.44. The smallest absolute Gasteiger partial charge is 0.229 e. The average molecular weight is 345 g/mol. The first-order valence-corrected chi connectivity index (χ1v) is 8.87. The molecule has 2 aliphatic rings. The second-order valence-corrected chi connectivity index (χ2v) is 7.50. The molecule has 2 atom stereocenters. The molecule has 2 unspecified atom stereocenters. The van der Waals surface area contributed by atoms with Crippen molar-refractivity contribution < 1.29 is 4.79 Å². The minimum Gasteiger partial charge on any atom is -0.327 e. The van der Waals surface area contributed by atoms with Crippen LogP contribution in [0.15, 0.2) is 0 Å². The molecule has 7 heteroatoms. The number of carbonyl (C=O) groups is 1. The van der Waals surface area contributed by atoms with Crippen molar-refractivity contribution in [1.82, 2.24) is 10.2 Å². The van der Waals surface area contributed by atoms with Gasteiger partial charge in [-0.1, -0.05) is 24.7 Å². The van der Waals surface area contributed by atoms with E-state index in [-0.39, 0.29) is 24.2 Å². The van der Waals surface area contributed by atoms with Crippen LogP contribution in [0.2, 0.25) is 0 Å². The zero-order chi connectivity index (χ0) is 14.8. The molecule has 0 spiro atoms. The molecule has 3 rings (SSSR count). The number of fused-ring (bicyclic) bond motifs is 2. The van der Waals surface area contributed by atoms with Crippen molar-refractivity contribution in [2.45, 2.75) is 57.9 Å². The van der Waals surface area contributed by atoms with Gasteiger partial charge in [0.2, 0.25) is 11.0 Å². The first-order valence-electron chi connectivity index (χ1n) is 8.06. The van der Waals surface area contributed by atoms with Gasteiger partial charge in [-0.3, -0.25) is 4.79 Å². The number of hydrogen-bond acceptors (Lipinski definition) is 5. The highest BCUT2D eigenvalue weighted by molar-refractivity contribution is 7.15. The van der Waals surface area contributed by atoms with Crippen molar-refractivity contribution in [2.75, 3.05) is 5.32 Å². The van der Waals surface area contributed by atoms with Crippen molar-refractivity contribution in [3.05, 3.63) is 5.01 Å². The van der Waals surface area contributed by atoms with Crippen molar-refractivity contribution in [3.8, 4) is 0 Å². The summed E-state index contributed by atoms with van der Waals surface area (Å²) in [5, 5.41) is 12.8. The summed E-state index contributed by atoms with van der Waals surface area (Å²) in [5.74, 6) is 1.26. The van der Waals surface area contributed by atoms with Crippen LogP contribution in [-0.2, 0) is 11.2 Å². The van der Waals surface area contributed by atoms with Crippen LogP contribution in [0, 0.1) is 17.8 Å². The molecule has 2 bridgehead atoms. The molecule has 0 aliphatic heterocycles. The molecule has 0 radical (unpaired) electrons. The zero-order valence-corrected chi connectivity index (χ0v) is 14.6. The fourth-order valence-corrected chi connectivity index (χ4v) is 4.67. The Morgan fingerprint density at radius 3 is 2.64 bits per heavy atom. The summed E-state index contributed by atoms with van der Waals surface area (Å²) in [7, 11) is 0. The minimum absolute atomic E-state index is 0. The Balaban J connectivity index is 0.00000176. The monoisotopic (exact) mass is 344 g/mol. The number of aromatic nitrogens is 2. The number of rotatable bonds is 4. The van der Waals surface area contributed by atoms with E-state index < -0.39 is 0 Å². The predicted molar refractivity (Wildman–Crippen MR) is 91.3 cm³/mol. The Morgan fingerprint density at radius 2 is 2.00 bits per heavy atom. The molecule has 1 aromatic heterocycles.